The van der Waals surface area contributed by atoms with Gasteiger partial charge in [0, 0.05) is 6.54 Å². The number of nitrogens with two attached hydrogens (primary N) is 1. The average molecular weight is 287 g/mol. The monoisotopic (exact) mass is 286 g/mol. The number of rotatable bonds is 7. The van der Waals surface area contributed by atoms with Crippen LogP contribution < -0.4 is 15.8 Å². The first-order chi connectivity index (χ1) is 8.67. The molecule has 0 heterocycles. The summed E-state index contributed by atoms with van der Waals surface area (Å²) in [5.41, 5.74) is 6.86. The fraction of sp³-hybridized carbons (Fsp3) is 0.500. The predicted molar refractivity (Wildman–Crippen MR) is 79.8 cm³/mol. The fourth-order valence-electron chi connectivity index (χ4n) is 1.73. The number of carbonyl (C=O) groups excluding carboxylic acids is 1. The maximum absolute atomic E-state index is 11.6. The topological polar surface area (TPSA) is 64.4 Å². The van der Waals surface area contributed by atoms with Crippen LogP contribution in [0.1, 0.15) is 25.3 Å². The highest BCUT2D eigenvalue weighted by atomic mass is 35.5. The Morgan fingerprint density at radius 1 is 1.47 bits per heavy atom. The molecule has 1 rings (SSSR count). The van der Waals surface area contributed by atoms with E-state index in [0.29, 0.717) is 6.54 Å². The standard InChI is InChI=1S/C14H22N2O2.ClH/c1-3-5-13(15)14(17)16-9-8-11-6-4-7-12(10-11)18-2;/h4,6-7,10,13H,3,5,8-9,15H2,1-2H3,(H,16,17);1H. The van der Waals surface area contributed by atoms with E-state index in [-0.39, 0.29) is 24.4 Å². The van der Waals surface area contributed by atoms with Crippen LogP contribution in [0.4, 0.5) is 0 Å². The Morgan fingerprint density at radius 3 is 2.84 bits per heavy atom. The third-order valence-corrected chi connectivity index (χ3v) is 2.78. The van der Waals surface area contributed by atoms with Crippen molar-refractivity contribution in [3.8, 4) is 5.75 Å². The van der Waals surface area contributed by atoms with Crippen molar-refractivity contribution in [1.82, 2.24) is 5.32 Å². The predicted octanol–water partition coefficient (Wildman–Crippen LogP) is 1.90. The minimum atomic E-state index is -0.389. The fourth-order valence-corrected chi connectivity index (χ4v) is 1.73. The summed E-state index contributed by atoms with van der Waals surface area (Å²) in [6.07, 6.45) is 2.43. The second-order valence-corrected chi connectivity index (χ2v) is 4.29. The Labute approximate surface area is 121 Å². The third-order valence-electron chi connectivity index (χ3n) is 2.78. The number of hydrogen-bond donors (Lipinski definition) is 2. The van der Waals surface area contributed by atoms with Gasteiger partial charge in [-0.1, -0.05) is 25.5 Å². The van der Waals surface area contributed by atoms with Crippen molar-refractivity contribution in [2.24, 2.45) is 5.73 Å². The molecule has 1 unspecified atom stereocenters. The molecular formula is C14H23ClN2O2. The Morgan fingerprint density at radius 2 is 2.21 bits per heavy atom. The number of carbonyl (C=O) groups is 1. The van der Waals surface area contributed by atoms with Crippen molar-refractivity contribution >= 4 is 18.3 Å². The van der Waals surface area contributed by atoms with Gasteiger partial charge in [-0.15, -0.1) is 12.4 Å². The molecule has 0 saturated carbocycles. The second-order valence-electron chi connectivity index (χ2n) is 4.29. The molecule has 1 aromatic carbocycles. The molecule has 108 valence electrons. The number of amides is 1. The summed E-state index contributed by atoms with van der Waals surface area (Å²) in [5.74, 6) is 0.765. The zero-order valence-electron chi connectivity index (χ0n) is 11.5. The van der Waals surface area contributed by atoms with E-state index >= 15 is 0 Å². The molecule has 4 nitrogen and oxygen atoms in total. The van der Waals surface area contributed by atoms with E-state index in [1.165, 1.54) is 0 Å². The summed E-state index contributed by atoms with van der Waals surface area (Å²) in [4.78, 5) is 11.6. The molecule has 3 N–H and O–H groups in total. The molecular weight excluding hydrogens is 264 g/mol. The van der Waals surface area contributed by atoms with E-state index in [4.69, 9.17) is 10.5 Å². The lowest BCUT2D eigenvalue weighted by molar-refractivity contribution is -0.122. The molecule has 0 radical (unpaired) electrons. The van der Waals surface area contributed by atoms with E-state index in [1.807, 2.05) is 31.2 Å². The molecule has 0 aromatic heterocycles. The number of nitrogens with one attached hydrogen (secondary N) is 1. The summed E-state index contributed by atoms with van der Waals surface area (Å²) < 4.78 is 5.15. The molecule has 0 saturated heterocycles. The van der Waals surface area contributed by atoms with Crippen LogP contribution in [0.2, 0.25) is 0 Å². The number of benzene rings is 1. The van der Waals surface area contributed by atoms with Crippen molar-refractivity contribution in [3.05, 3.63) is 29.8 Å². The molecule has 0 spiro atoms. The number of hydrogen-bond acceptors (Lipinski definition) is 3. The van der Waals surface area contributed by atoms with Gasteiger partial charge < -0.3 is 15.8 Å². The molecule has 5 heteroatoms. The summed E-state index contributed by atoms with van der Waals surface area (Å²) in [6.45, 7) is 2.62. The molecule has 19 heavy (non-hydrogen) atoms. The summed E-state index contributed by atoms with van der Waals surface area (Å²) in [6, 6.07) is 7.44. The molecule has 1 atom stereocenters. The van der Waals surface area contributed by atoms with Crippen LogP contribution in [0.3, 0.4) is 0 Å². The van der Waals surface area contributed by atoms with E-state index in [0.717, 1.165) is 30.6 Å². The van der Waals surface area contributed by atoms with Gasteiger partial charge in [0.15, 0.2) is 0 Å². The maximum atomic E-state index is 11.6. The lowest BCUT2D eigenvalue weighted by Gasteiger charge is -2.11. The van der Waals surface area contributed by atoms with Crippen molar-refractivity contribution in [1.29, 1.82) is 0 Å². The Bertz CT molecular complexity index is 385. The quantitative estimate of drug-likeness (QED) is 0.805. The Hall–Kier alpha value is -1.26. The lowest BCUT2D eigenvalue weighted by atomic mass is 10.1. The van der Waals surface area contributed by atoms with E-state index < -0.39 is 0 Å². The van der Waals surface area contributed by atoms with Crippen molar-refractivity contribution in [2.45, 2.75) is 32.2 Å². The Kier molecular flexibility index (Phi) is 9.00. The van der Waals surface area contributed by atoms with Crippen LogP contribution in [0.15, 0.2) is 24.3 Å². The number of halogens is 1. The van der Waals surface area contributed by atoms with Gasteiger partial charge in [-0.2, -0.15) is 0 Å². The van der Waals surface area contributed by atoms with Crippen LogP contribution >= 0.6 is 12.4 Å². The SMILES string of the molecule is CCCC(N)C(=O)NCCc1cccc(OC)c1.Cl. The van der Waals surface area contributed by atoms with Gasteiger partial charge in [-0.05, 0) is 30.5 Å². The molecule has 1 amide bonds. The molecule has 0 bridgehead atoms. The van der Waals surface area contributed by atoms with Gasteiger partial charge in [0.1, 0.15) is 5.75 Å². The van der Waals surface area contributed by atoms with Crippen LogP contribution in [0.25, 0.3) is 0 Å². The minimum Gasteiger partial charge on any atom is -0.497 e. The highest BCUT2D eigenvalue weighted by Crippen LogP contribution is 2.12. The molecule has 0 aliphatic carbocycles. The molecule has 0 aliphatic heterocycles. The van der Waals surface area contributed by atoms with Gasteiger partial charge >= 0.3 is 0 Å². The van der Waals surface area contributed by atoms with E-state index in [2.05, 4.69) is 5.32 Å². The van der Waals surface area contributed by atoms with Crippen LogP contribution in [-0.4, -0.2) is 25.6 Å². The van der Waals surface area contributed by atoms with Crippen LogP contribution in [0.5, 0.6) is 5.75 Å². The first-order valence-electron chi connectivity index (χ1n) is 6.33. The zero-order chi connectivity index (χ0) is 13.4. The molecule has 0 fully saturated rings. The first-order valence-corrected chi connectivity index (χ1v) is 6.33. The smallest absolute Gasteiger partial charge is 0.236 e. The summed E-state index contributed by atoms with van der Waals surface area (Å²) >= 11 is 0. The van der Waals surface area contributed by atoms with Crippen LogP contribution in [0, 0.1) is 0 Å². The summed E-state index contributed by atoms with van der Waals surface area (Å²) in [7, 11) is 1.64. The molecule has 1 aromatic rings. The van der Waals surface area contributed by atoms with Crippen molar-refractivity contribution in [2.75, 3.05) is 13.7 Å². The normalized spacial score (nSPS) is 11.3. The number of methoxy groups -OCH3 is 1. The average Bonchev–Trinajstić information content (AvgIpc) is 2.39. The minimum absolute atomic E-state index is 0. The van der Waals surface area contributed by atoms with Crippen molar-refractivity contribution in [3.63, 3.8) is 0 Å². The highest BCUT2D eigenvalue weighted by Gasteiger charge is 2.10. The second kappa shape index (κ2) is 9.64. The Balaban J connectivity index is 0.00000324. The van der Waals surface area contributed by atoms with Gasteiger partial charge in [-0.25, -0.2) is 0 Å². The highest BCUT2D eigenvalue weighted by molar-refractivity contribution is 5.85. The molecule has 0 aliphatic rings. The lowest BCUT2D eigenvalue weighted by Crippen LogP contribution is -2.41. The van der Waals surface area contributed by atoms with Gasteiger partial charge in [-0.3, -0.25) is 4.79 Å². The first kappa shape index (κ1) is 17.7. The number of ether oxygens (including phenoxy) is 1. The summed E-state index contributed by atoms with van der Waals surface area (Å²) in [5, 5.41) is 2.85. The van der Waals surface area contributed by atoms with E-state index in [9.17, 15) is 4.79 Å². The van der Waals surface area contributed by atoms with Crippen molar-refractivity contribution < 1.29 is 9.53 Å². The van der Waals surface area contributed by atoms with E-state index in [1.54, 1.807) is 7.11 Å². The largest absolute Gasteiger partial charge is 0.497 e. The van der Waals surface area contributed by atoms with Gasteiger partial charge in [0.2, 0.25) is 5.91 Å². The van der Waals surface area contributed by atoms with Crippen LogP contribution in [-0.2, 0) is 11.2 Å². The van der Waals surface area contributed by atoms with Gasteiger partial charge in [0.05, 0.1) is 13.2 Å². The van der Waals surface area contributed by atoms with Gasteiger partial charge in [0.25, 0.3) is 0 Å². The third kappa shape index (κ3) is 6.45. The zero-order valence-corrected chi connectivity index (χ0v) is 12.3. The maximum Gasteiger partial charge on any atom is 0.236 e.